The van der Waals surface area contributed by atoms with Gasteiger partial charge in [0.15, 0.2) is 0 Å². The largest absolute Gasteiger partial charge is 0.497 e. The van der Waals surface area contributed by atoms with E-state index in [0.29, 0.717) is 18.3 Å². The molecule has 3 rings (SSSR count). The van der Waals surface area contributed by atoms with E-state index in [1.807, 2.05) is 30.5 Å². The van der Waals surface area contributed by atoms with Crippen molar-refractivity contribution in [2.24, 2.45) is 22.9 Å². The molecule has 1 aromatic rings. The summed E-state index contributed by atoms with van der Waals surface area (Å²) in [5, 5.41) is 4.12. The normalized spacial score (nSPS) is 26.4. The Balaban J connectivity index is 1.46. The summed E-state index contributed by atoms with van der Waals surface area (Å²) in [5.74, 6) is 2.54. The molecule has 0 unspecified atom stereocenters. The predicted molar refractivity (Wildman–Crippen MR) is 82.2 cm³/mol. The number of nitrogens with one attached hydrogen (secondary N) is 1. The molecule has 3 atom stereocenters. The van der Waals surface area contributed by atoms with Crippen LogP contribution in [-0.4, -0.2) is 19.2 Å². The minimum absolute atomic E-state index is 0.0879. The second kappa shape index (κ2) is 6.12. The maximum atomic E-state index is 11.8. The van der Waals surface area contributed by atoms with Gasteiger partial charge in [-0.05, 0) is 42.4 Å². The average Bonchev–Trinajstić information content (AvgIpc) is 3.11. The molecule has 21 heavy (non-hydrogen) atoms. The highest BCUT2D eigenvalue weighted by Gasteiger charge is 2.34. The number of fused-ring (bicyclic) bond motifs is 2. The molecule has 1 saturated carbocycles. The number of hydrogen-bond donors (Lipinski definition) is 1. The lowest BCUT2D eigenvalue weighted by Gasteiger charge is -2.11. The molecule has 1 N–H and O–H groups in total. The molecular formula is C17H20N2O2. The number of nitrogens with zero attached hydrogens (tertiary/aromatic N) is 1. The zero-order chi connectivity index (χ0) is 14.7. The van der Waals surface area contributed by atoms with Gasteiger partial charge in [0.2, 0.25) is 5.91 Å². The summed E-state index contributed by atoms with van der Waals surface area (Å²) in [4.78, 5) is 11.8. The van der Waals surface area contributed by atoms with Crippen molar-refractivity contribution in [2.75, 3.05) is 7.11 Å². The van der Waals surface area contributed by atoms with Gasteiger partial charge >= 0.3 is 0 Å². The number of allylic oxidation sites excluding steroid dienone is 2. The zero-order valence-corrected chi connectivity index (χ0v) is 12.2. The Bertz CT molecular complexity index is 563. The number of hydrazone groups is 1. The second-order valence-electron chi connectivity index (χ2n) is 5.78. The standard InChI is InChI=1S/C17H20N2O2/c1-21-16-6-3-12(4-7-16)10-17(20)19-18-11-15-9-13-2-5-14(15)8-13/h2-7,11,13-15H,8-10H2,1H3,(H,19,20)/b18-11-/t13-,14-,15-/m0/s1. The van der Waals surface area contributed by atoms with Crippen LogP contribution in [0.1, 0.15) is 18.4 Å². The van der Waals surface area contributed by atoms with Gasteiger partial charge in [-0.1, -0.05) is 24.3 Å². The third kappa shape index (κ3) is 3.32. The monoisotopic (exact) mass is 284 g/mol. The summed E-state index contributed by atoms with van der Waals surface area (Å²) in [6.07, 6.45) is 9.23. The fourth-order valence-corrected chi connectivity index (χ4v) is 3.17. The van der Waals surface area contributed by atoms with Gasteiger partial charge in [0, 0.05) is 12.1 Å². The molecule has 0 radical (unpaired) electrons. The lowest BCUT2D eigenvalue weighted by atomic mass is 9.95. The molecule has 110 valence electrons. The van der Waals surface area contributed by atoms with Crippen LogP contribution in [0.15, 0.2) is 41.5 Å². The number of methoxy groups -OCH3 is 1. The van der Waals surface area contributed by atoms with Crippen LogP contribution in [0.5, 0.6) is 5.75 Å². The highest BCUT2D eigenvalue weighted by molar-refractivity contribution is 5.79. The Kier molecular flexibility index (Phi) is 4.04. The van der Waals surface area contributed by atoms with Gasteiger partial charge in [-0.3, -0.25) is 4.79 Å². The first-order chi connectivity index (χ1) is 10.2. The van der Waals surface area contributed by atoms with Crippen LogP contribution in [0.2, 0.25) is 0 Å². The Hall–Kier alpha value is -2.10. The molecule has 0 heterocycles. The van der Waals surface area contributed by atoms with Crippen molar-refractivity contribution in [3.8, 4) is 5.75 Å². The van der Waals surface area contributed by atoms with Crippen LogP contribution in [0.25, 0.3) is 0 Å². The lowest BCUT2D eigenvalue weighted by molar-refractivity contribution is -0.120. The minimum atomic E-state index is -0.0879. The molecule has 1 fully saturated rings. The lowest BCUT2D eigenvalue weighted by Crippen LogP contribution is -2.21. The Morgan fingerprint density at radius 2 is 2.14 bits per heavy atom. The zero-order valence-electron chi connectivity index (χ0n) is 12.2. The number of hydrogen-bond acceptors (Lipinski definition) is 3. The second-order valence-corrected chi connectivity index (χ2v) is 5.78. The molecule has 0 aliphatic heterocycles. The molecule has 2 aliphatic carbocycles. The van der Waals surface area contributed by atoms with Crippen molar-refractivity contribution in [2.45, 2.75) is 19.3 Å². The maximum absolute atomic E-state index is 11.8. The highest BCUT2D eigenvalue weighted by atomic mass is 16.5. The number of ether oxygens (including phenoxy) is 1. The van der Waals surface area contributed by atoms with E-state index in [9.17, 15) is 4.79 Å². The number of carbonyl (C=O) groups excluding carboxylic acids is 1. The van der Waals surface area contributed by atoms with Gasteiger partial charge in [0.25, 0.3) is 0 Å². The molecule has 0 aromatic heterocycles. The third-order valence-corrected chi connectivity index (χ3v) is 4.31. The van der Waals surface area contributed by atoms with E-state index in [0.717, 1.165) is 17.2 Å². The third-order valence-electron chi connectivity index (χ3n) is 4.31. The molecule has 2 bridgehead atoms. The Morgan fingerprint density at radius 3 is 2.76 bits per heavy atom. The maximum Gasteiger partial charge on any atom is 0.244 e. The Labute approximate surface area is 124 Å². The molecule has 2 aliphatic rings. The van der Waals surface area contributed by atoms with Gasteiger partial charge in [-0.2, -0.15) is 5.10 Å². The fraction of sp³-hybridized carbons (Fsp3) is 0.412. The fourth-order valence-electron chi connectivity index (χ4n) is 3.17. The average molecular weight is 284 g/mol. The van der Waals surface area contributed by atoms with E-state index in [1.165, 1.54) is 12.8 Å². The van der Waals surface area contributed by atoms with Crippen LogP contribution in [0.3, 0.4) is 0 Å². The van der Waals surface area contributed by atoms with Gasteiger partial charge in [-0.15, -0.1) is 0 Å². The van der Waals surface area contributed by atoms with Crippen LogP contribution in [-0.2, 0) is 11.2 Å². The smallest absolute Gasteiger partial charge is 0.244 e. The first-order valence-electron chi connectivity index (χ1n) is 7.38. The van der Waals surface area contributed by atoms with E-state index < -0.39 is 0 Å². The van der Waals surface area contributed by atoms with Crippen molar-refractivity contribution >= 4 is 12.1 Å². The molecule has 0 spiro atoms. The Morgan fingerprint density at radius 1 is 1.33 bits per heavy atom. The van der Waals surface area contributed by atoms with Crippen molar-refractivity contribution in [3.63, 3.8) is 0 Å². The highest BCUT2D eigenvalue weighted by Crippen LogP contribution is 2.42. The topological polar surface area (TPSA) is 50.7 Å². The van der Waals surface area contributed by atoms with E-state index in [4.69, 9.17) is 4.74 Å². The SMILES string of the molecule is COc1ccc(CC(=O)N/N=C\[C@@H]2C[C@H]3C=C[C@H]2C3)cc1. The summed E-state index contributed by atoms with van der Waals surface area (Å²) in [6, 6.07) is 7.49. The van der Waals surface area contributed by atoms with E-state index in [-0.39, 0.29) is 5.91 Å². The van der Waals surface area contributed by atoms with Crippen molar-refractivity contribution in [1.29, 1.82) is 0 Å². The van der Waals surface area contributed by atoms with Crippen LogP contribution < -0.4 is 10.2 Å². The summed E-state index contributed by atoms with van der Waals surface area (Å²) in [6.45, 7) is 0. The van der Waals surface area contributed by atoms with Crippen LogP contribution in [0, 0.1) is 17.8 Å². The summed E-state index contributed by atoms with van der Waals surface area (Å²) >= 11 is 0. The summed E-state index contributed by atoms with van der Waals surface area (Å²) < 4.78 is 5.09. The summed E-state index contributed by atoms with van der Waals surface area (Å²) in [5.41, 5.74) is 3.57. The van der Waals surface area contributed by atoms with Crippen LogP contribution >= 0.6 is 0 Å². The number of rotatable bonds is 5. The number of benzene rings is 1. The summed E-state index contributed by atoms with van der Waals surface area (Å²) in [7, 11) is 1.63. The van der Waals surface area contributed by atoms with Gasteiger partial charge in [-0.25, -0.2) is 5.43 Å². The first-order valence-corrected chi connectivity index (χ1v) is 7.38. The number of amides is 1. The molecule has 4 nitrogen and oxygen atoms in total. The van der Waals surface area contributed by atoms with Crippen molar-refractivity contribution in [1.82, 2.24) is 5.43 Å². The molecule has 0 saturated heterocycles. The van der Waals surface area contributed by atoms with Gasteiger partial charge < -0.3 is 4.74 Å². The number of carbonyl (C=O) groups is 1. The van der Waals surface area contributed by atoms with Crippen molar-refractivity contribution in [3.05, 3.63) is 42.0 Å². The van der Waals surface area contributed by atoms with Gasteiger partial charge in [0.05, 0.1) is 13.5 Å². The predicted octanol–water partition coefficient (Wildman–Crippen LogP) is 2.55. The van der Waals surface area contributed by atoms with Crippen molar-refractivity contribution < 1.29 is 9.53 Å². The van der Waals surface area contributed by atoms with E-state index in [2.05, 4.69) is 22.7 Å². The van der Waals surface area contributed by atoms with E-state index >= 15 is 0 Å². The van der Waals surface area contributed by atoms with E-state index in [1.54, 1.807) is 7.11 Å². The quantitative estimate of drug-likeness (QED) is 0.513. The van der Waals surface area contributed by atoms with Crippen LogP contribution in [0.4, 0.5) is 0 Å². The first kappa shape index (κ1) is 13.9. The van der Waals surface area contributed by atoms with Gasteiger partial charge in [0.1, 0.15) is 5.75 Å². The molecule has 4 heteroatoms. The molecule has 1 aromatic carbocycles. The molecular weight excluding hydrogens is 264 g/mol. The minimum Gasteiger partial charge on any atom is -0.497 e. The molecule has 1 amide bonds.